The number of nitrogens with one attached hydrogen (secondary N) is 1. The van der Waals surface area contributed by atoms with Gasteiger partial charge in [-0.3, -0.25) is 4.98 Å². The molecule has 2 atom stereocenters. The van der Waals surface area contributed by atoms with E-state index in [1.54, 1.807) is 6.20 Å². The van der Waals surface area contributed by atoms with Crippen molar-refractivity contribution in [1.82, 2.24) is 4.98 Å². The lowest BCUT2D eigenvalue weighted by molar-refractivity contribution is 0.317. The molecule has 1 aromatic heterocycles. The maximum absolute atomic E-state index is 5.73. The molecule has 0 bridgehead atoms. The Labute approximate surface area is 97.5 Å². The van der Waals surface area contributed by atoms with Gasteiger partial charge < -0.3 is 11.1 Å². The number of nitrogen functional groups attached to an aromatic ring is 1. The van der Waals surface area contributed by atoms with E-state index in [1.165, 1.54) is 32.1 Å². The van der Waals surface area contributed by atoms with Crippen LogP contribution in [-0.4, -0.2) is 11.0 Å². The van der Waals surface area contributed by atoms with Gasteiger partial charge in [-0.1, -0.05) is 26.2 Å². The average Bonchev–Trinajstić information content (AvgIpc) is 2.30. The number of pyridine rings is 1. The van der Waals surface area contributed by atoms with Gasteiger partial charge in [-0.2, -0.15) is 0 Å². The van der Waals surface area contributed by atoms with Crippen LogP contribution in [0.1, 0.15) is 39.0 Å². The Morgan fingerprint density at radius 3 is 2.94 bits per heavy atom. The summed E-state index contributed by atoms with van der Waals surface area (Å²) in [7, 11) is 0. The Balaban J connectivity index is 2.02. The summed E-state index contributed by atoms with van der Waals surface area (Å²) in [6.45, 7) is 2.28. The number of nitrogens with zero attached hydrogens (tertiary/aromatic N) is 1. The highest BCUT2D eigenvalue weighted by Gasteiger charge is 2.23. The zero-order valence-corrected chi connectivity index (χ0v) is 9.95. The second kappa shape index (κ2) is 5.19. The molecule has 0 radical (unpaired) electrons. The highest BCUT2D eigenvalue weighted by molar-refractivity contribution is 5.51. The Bertz CT molecular complexity index is 338. The fraction of sp³-hybridized carbons (Fsp3) is 0.615. The van der Waals surface area contributed by atoms with E-state index < -0.39 is 0 Å². The van der Waals surface area contributed by atoms with Gasteiger partial charge in [0.2, 0.25) is 0 Å². The Morgan fingerprint density at radius 1 is 1.38 bits per heavy atom. The zero-order valence-electron chi connectivity index (χ0n) is 9.95. The van der Waals surface area contributed by atoms with E-state index in [4.69, 9.17) is 5.73 Å². The first-order chi connectivity index (χ1) is 7.79. The summed E-state index contributed by atoms with van der Waals surface area (Å²) >= 11 is 0. The Kier molecular flexibility index (Phi) is 3.65. The largest absolute Gasteiger partial charge is 0.397 e. The molecule has 3 N–H and O–H groups in total. The second-order valence-electron chi connectivity index (χ2n) is 4.71. The van der Waals surface area contributed by atoms with Crippen molar-refractivity contribution in [3.8, 4) is 0 Å². The predicted molar refractivity (Wildman–Crippen MR) is 68.3 cm³/mol. The van der Waals surface area contributed by atoms with Crippen molar-refractivity contribution in [1.29, 1.82) is 0 Å². The summed E-state index contributed by atoms with van der Waals surface area (Å²) in [4.78, 5) is 4.11. The normalized spacial score (nSPS) is 25.3. The molecule has 1 saturated carbocycles. The minimum Gasteiger partial charge on any atom is -0.397 e. The van der Waals surface area contributed by atoms with Gasteiger partial charge in [0.15, 0.2) is 0 Å². The maximum atomic E-state index is 5.73. The maximum Gasteiger partial charge on any atom is 0.0549 e. The zero-order chi connectivity index (χ0) is 11.4. The minimum absolute atomic E-state index is 0.599. The quantitative estimate of drug-likeness (QED) is 0.821. The molecular formula is C13H21N3. The molecule has 1 fully saturated rings. The van der Waals surface area contributed by atoms with Gasteiger partial charge in [-0.25, -0.2) is 0 Å². The molecule has 0 aliphatic heterocycles. The van der Waals surface area contributed by atoms with E-state index in [9.17, 15) is 0 Å². The summed E-state index contributed by atoms with van der Waals surface area (Å²) in [5, 5.41) is 3.58. The topological polar surface area (TPSA) is 50.9 Å². The standard InChI is InChI=1S/C13H21N3/c1-2-10-5-3-4-6-13(10)16-12-7-11(14)8-15-9-12/h7-10,13,16H,2-6,14H2,1H3. The summed E-state index contributed by atoms with van der Waals surface area (Å²) < 4.78 is 0. The molecule has 0 amide bonds. The lowest BCUT2D eigenvalue weighted by Crippen LogP contribution is -2.31. The van der Waals surface area contributed by atoms with Crippen molar-refractivity contribution >= 4 is 11.4 Å². The number of hydrogen-bond donors (Lipinski definition) is 2. The van der Waals surface area contributed by atoms with Crippen molar-refractivity contribution < 1.29 is 0 Å². The molecule has 3 nitrogen and oxygen atoms in total. The summed E-state index contributed by atoms with van der Waals surface area (Å²) in [6.07, 6.45) is 10.1. The van der Waals surface area contributed by atoms with Gasteiger partial charge in [-0.05, 0) is 24.8 Å². The van der Waals surface area contributed by atoms with Gasteiger partial charge in [0.05, 0.1) is 17.6 Å². The van der Waals surface area contributed by atoms with E-state index >= 15 is 0 Å². The molecule has 2 unspecified atom stereocenters. The first kappa shape index (κ1) is 11.2. The highest BCUT2D eigenvalue weighted by atomic mass is 14.9. The molecule has 1 aromatic rings. The minimum atomic E-state index is 0.599. The number of anilines is 2. The second-order valence-corrected chi connectivity index (χ2v) is 4.71. The summed E-state index contributed by atoms with van der Waals surface area (Å²) in [5.41, 5.74) is 7.52. The van der Waals surface area contributed by atoms with Crippen molar-refractivity contribution in [2.45, 2.75) is 45.1 Å². The van der Waals surface area contributed by atoms with Crippen LogP contribution in [0.25, 0.3) is 0 Å². The molecule has 3 heteroatoms. The fourth-order valence-electron chi connectivity index (χ4n) is 2.64. The number of rotatable bonds is 3. The third kappa shape index (κ3) is 2.65. The third-order valence-corrected chi connectivity index (χ3v) is 3.54. The number of hydrogen-bond acceptors (Lipinski definition) is 3. The molecule has 0 spiro atoms. The Hall–Kier alpha value is -1.25. The van der Waals surface area contributed by atoms with Crippen LogP contribution in [0, 0.1) is 5.92 Å². The lowest BCUT2D eigenvalue weighted by Gasteiger charge is -2.32. The van der Waals surface area contributed by atoms with Crippen molar-refractivity contribution in [2.24, 2.45) is 5.92 Å². The van der Waals surface area contributed by atoms with Crippen molar-refractivity contribution in [3.63, 3.8) is 0 Å². The first-order valence-corrected chi connectivity index (χ1v) is 6.26. The average molecular weight is 219 g/mol. The van der Waals surface area contributed by atoms with Crippen LogP contribution < -0.4 is 11.1 Å². The molecule has 2 rings (SSSR count). The van der Waals surface area contributed by atoms with Gasteiger partial charge in [0, 0.05) is 12.2 Å². The van der Waals surface area contributed by atoms with Crippen LogP contribution in [0.3, 0.4) is 0 Å². The monoisotopic (exact) mass is 219 g/mol. The molecular weight excluding hydrogens is 198 g/mol. The number of nitrogens with two attached hydrogens (primary N) is 1. The van der Waals surface area contributed by atoms with Crippen LogP contribution in [0.2, 0.25) is 0 Å². The van der Waals surface area contributed by atoms with Gasteiger partial charge in [0.25, 0.3) is 0 Å². The van der Waals surface area contributed by atoms with Crippen LogP contribution in [0.5, 0.6) is 0 Å². The molecule has 1 aliphatic carbocycles. The van der Waals surface area contributed by atoms with Crippen molar-refractivity contribution in [2.75, 3.05) is 11.1 Å². The highest BCUT2D eigenvalue weighted by Crippen LogP contribution is 2.29. The van der Waals surface area contributed by atoms with Crippen LogP contribution >= 0.6 is 0 Å². The number of aromatic nitrogens is 1. The lowest BCUT2D eigenvalue weighted by atomic mass is 9.83. The summed E-state index contributed by atoms with van der Waals surface area (Å²) in [5.74, 6) is 0.801. The molecule has 0 saturated heterocycles. The molecule has 16 heavy (non-hydrogen) atoms. The predicted octanol–water partition coefficient (Wildman–Crippen LogP) is 3.04. The first-order valence-electron chi connectivity index (χ1n) is 6.26. The third-order valence-electron chi connectivity index (χ3n) is 3.54. The van der Waals surface area contributed by atoms with E-state index in [0.29, 0.717) is 6.04 Å². The van der Waals surface area contributed by atoms with Gasteiger partial charge >= 0.3 is 0 Å². The fourth-order valence-corrected chi connectivity index (χ4v) is 2.64. The van der Waals surface area contributed by atoms with Gasteiger partial charge in [0.1, 0.15) is 0 Å². The molecule has 1 heterocycles. The van der Waals surface area contributed by atoms with Crippen LogP contribution in [0.4, 0.5) is 11.4 Å². The molecule has 88 valence electrons. The van der Waals surface area contributed by atoms with E-state index in [0.717, 1.165) is 17.3 Å². The van der Waals surface area contributed by atoms with Crippen LogP contribution in [0.15, 0.2) is 18.5 Å². The summed E-state index contributed by atoms with van der Waals surface area (Å²) in [6, 6.07) is 2.57. The van der Waals surface area contributed by atoms with E-state index in [-0.39, 0.29) is 0 Å². The van der Waals surface area contributed by atoms with E-state index in [1.807, 2.05) is 12.3 Å². The van der Waals surface area contributed by atoms with E-state index in [2.05, 4.69) is 17.2 Å². The smallest absolute Gasteiger partial charge is 0.0549 e. The van der Waals surface area contributed by atoms with Crippen LogP contribution in [-0.2, 0) is 0 Å². The van der Waals surface area contributed by atoms with Gasteiger partial charge in [-0.15, -0.1) is 0 Å². The Morgan fingerprint density at radius 2 is 2.19 bits per heavy atom. The molecule has 0 aromatic carbocycles. The SMILES string of the molecule is CCC1CCCCC1Nc1cncc(N)c1. The molecule has 1 aliphatic rings. The van der Waals surface area contributed by atoms with Crippen molar-refractivity contribution in [3.05, 3.63) is 18.5 Å².